The third-order valence-corrected chi connectivity index (χ3v) is 4.81. The molecule has 31 heavy (non-hydrogen) atoms. The van der Waals surface area contributed by atoms with E-state index in [0.29, 0.717) is 35.4 Å². The van der Waals surface area contributed by atoms with Crippen molar-refractivity contribution in [3.8, 4) is 17.2 Å². The number of amides is 1. The summed E-state index contributed by atoms with van der Waals surface area (Å²) in [6, 6.07) is 20.5. The molecule has 1 amide bonds. The van der Waals surface area contributed by atoms with E-state index in [9.17, 15) is 4.79 Å². The second-order valence-electron chi connectivity index (χ2n) is 6.87. The zero-order chi connectivity index (χ0) is 21.6. The summed E-state index contributed by atoms with van der Waals surface area (Å²) in [5.41, 5.74) is 3.27. The Morgan fingerprint density at radius 2 is 1.68 bits per heavy atom. The summed E-state index contributed by atoms with van der Waals surface area (Å²) in [4.78, 5) is 13.7. The molecule has 0 spiro atoms. The molecule has 3 aromatic carbocycles. The number of para-hydroxylation sites is 1. The lowest BCUT2D eigenvalue weighted by Crippen LogP contribution is -2.32. The van der Waals surface area contributed by atoms with E-state index in [4.69, 9.17) is 21.1 Å². The van der Waals surface area contributed by atoms with Crippen molar-refractivity contribution in [2.45, 2.75) is 6.92 Å². The normalized spacial score (nSPS) is 10.8. The molecule has 0 aliphatic carbocycles. The minimum Gasteiger partial charge on any atom is -0.490 e. The second kappa shape index (κ2) is 9.49. The Balaban J connectivity index is 1.35. The first kappa shape index (κ1) is 20.7. The number of nitrogens with one attached hydrogen (secondary N) is 1. The number of hydrogen-bond donors (Lipinski definition) is 1. The SMILES string of the molecule is Cc1ccc(OCC(=O)NCCOc2ccccc2Cl)c(-n2nc3ccccc3n2)c1. The molecule has 0 aliphatic heterocycles. The number of halogens is 1. The van der Waals surface area contributed by atoms with Gasteiger partial charge in [0.25, 0.3) is 5.91 Å². The monoisotopic (exact) mass is 436 g/mol. The predicted octanol–water partition coefficient (Wildman–Crippen LogP) is 3.96. The van der Waals surface area contributed by atoms with Gasteiger partial charge < -0.3 is 14.8 Å². The Kier molecular flexibility index (Phi) is 6.33. The number of aryl methyl sites for hydroxylation is 1. The van der Waals surface area contributed by atoms with Gasteiger partial charge in [0.1, 0.15) is 34.8 Å². The van der Waals surface area contributed by atoms with Crippen LogP contribution in [0.1, 0.15) is 5.56 Å². The molecule has 0 bridgehead atoms. The van der Waals surface area contributed by atoms with Gasteiger partial charge in [-0.05, 0) is 48.9 Å². The maximum absolute atomic E-state index is 12.2. The van der Waals surface area contributed by atoms with Crippen LogP contribution < -0.4 is 14.8 Å². The maximum Gasteiger partial charge on any atom is 0.258 e. The molecule has 0 atom stereocenters. The minimum absolute atomic E-state index is 0.136. The average molecular weight is 437 g/mol. The summed E-state index contributed by atoms with van der Waals surface area (Å²) >= 11 is 6.04. The molecule has 1 N–H and O–H groups in total. The molecular formula is C23H21ClN4O3. The van der Waals surface area contributed by atoms with Gasteiger partial charge in [0.15, 0.2) is 6.61 Å². The fourth-order valence-corrected chi connectivity index (χ4v) is 3.17. The number of rotatable bonds is 8. The quantitative estimate of drug-likeness (QED) is 0.423. The van der Waals surface area contributed by atoms with Crippen molar-refractivity contribution in [2.75, 3.05) is 19.8 Å². The number of ether oxygens (including phenoxy) is 2. The summed E-state index contributed by atoms with van der Waals surface area (Å²) in [5, 5.41) is 12.3. The van der Waals surface area contributed by atoms with Gasteiger partial charge in [0.05, 0.1) is 11.6 Å². The van der Waals surface area contributed by atoms with E-state index in [1.807, 2.05) is 61.5 Å². The third kappa shape index (κ3) is 5.13. The molecule has 0 aliphatic rings. The van der Waals surface area contributed by atoms with Crippen molar-refractivity contribution in [3.05, 3.63) is 77.3 Å². The highest BCUT2D eigenvalue weighted by molar-refractivity contribution is 6.32. The van der Waals surface area contributed by atoms with Gasteiger partial charge in [0, 0.05) is 0 Å². The van der Waals surface area contributed by atoms with Gasteiger partial charge in [0.2, 0.25) is 0 Å². The van der Waals surface area contributed by atoms with Crippen LogP contribution in [0.3, 0.4) is 0 Å². The summed E-state index contributed by atoms with van der Waals surface area (Å²) in [7, 11) is 0. The van der Waals surface area contributed by atoms with Gasteiger partial charge in [-0.2, -0.15) is 0 Å². The maximum atomic E-state index is 12.2. The van der Waals surface area contributed by atoms with Crippen molar-refractivity contribution in [1.82, 2.24) is 20.3 Å². The van der Waals surface area contributed by atoms with Crippen LogP contribution in [0.5, 0.6) is 11.5 Å². The number of carbonyl (C=O) groups excluding carboxylic acids is 1. The largest absolute Gasteiger partial charge is 0.490 e. The van der Waals surface area contributed by atoms with Gasteiger partial charge in [-0.3, -0.25) is 4.79 Å². The highest BCUT2D eigenvalue weighted by Gasteiger charge is 2.12. The van der Waals surface area contributed by atoms with E-state index in [2.05, 4.69) is 15.5 Å². The summed E-state index contributed by atoms with van der Waals surface area (Å²) in [6.45, 7) is 2.47. The number of fused-ring (bicyclic) bond motifs is 1. The van der Waals surface area contributed by atoms with E-state index in [1.165, 1.54) is 4.80 Å². The highest BCUT2D eigenvalue weighted by Crippen LogP contribution is 2.25. The molecule has 0 unspecified atom stereocenters. The molecule has 7 nitrogen and oxygen atoms in total. The van der Waals surface area contributed by atoms with Crippen LogP contribution in [-0.4, -0.2) is 40.7 Å². The molecule has 158 valence electrons. The number of carbonyl (C=O) groups is 1. The van der Waals surface area contributed by atoms with Gasteiger partial charge in [-0.25, -0.2) is 0 Å². The van der Waals surface area contributed by atoms with Crippen LogP contribution in [0.2, 0.25) is 5.02 Å². The smallest absolute Gasteiger partial charge is 0.258 e. The van der Waals surface area contributed by atoms with Gasteiger partial charge in [-0.1, -0.05) is 41.9 Å². The van der Waals surface area contributed by atoms with Crippen LogP contribution in [0.15, 0.2) is 66.7 Å². The lowest BCUT2D eigenvalue weighted by atomic mass is 10.2. The molecule has 0 fully saturated rings. The van der Waals surface area contributed by atoms with Crippen molar-refractivity contribution in [3.63, 3.8) is 0 Å². The molecule has 1 heterocycles. The van der Waals surface area contributed by atoms with Crippen LogP contribution in [0.4, 0.5) is 0 Å². The summed E-state index contributed by atoms with van der Waals surface area (Å²) < 4.78 is 11.3. The molecule has 0 saturated carbocycles. The Morgan fingerprint density at radius 1 is 0.968 bits per heavy atom. The first-order valence-electron chi connectivity index (χ1n) is 9.80. The predicted molar refractivity (Wildman–Crippen MR) is 119 cm³/mol. The number of nitrogens with zero attached hydrogens (tertiary/aromatic N) is 3. The number of benzene rings is 3. The van der Waals surface area contributed by atoms with Crippen LogP contribution in [0.25, 0.3) is 16.7 Å². The average Bonchev–Trinajstić information content (AvgIpc) is 3.21. The molecule has 1 aromatic heterocycles. The van der Waals surface area contributed by atoms with E-state index in [0.717, 1.165) is 16.6 Å². The second-order valence-corrected chi connectivity index (χ2v) is 7.27. The Labute approximate surface area is 184 Å². The molecule has 0 saturated heterocycles. The lowest BCUT2D eigenvalue weighted by molar-refractivity contribution is -0.123. The first-order valence-corrected chi connectivity index (χ1v) is 10.2. The topological polar surface area (TPSA) is 78.3 Å². The minimum atomic E-state index is -0.257. The number of hydrogen-bond acceptors (Lipinski definition) is 5. The molecule has 4 rings (SSSR count). The van der Waals surface area contributed by atoms with Crippen LogP contribution in [0, 0.1) is 6.92 Å². The summed E-state index contributed by atoms with van der Waals surface area (Å²) in [6.07, 6.45) is 0. The van der Waals surface area contributed by atoms with Crippen molar-refractivity contribution in [1.29, 1.82) is 0 Å². The van der Waals surface area contributed by atoms with Crippen LogP contribution >= 0.6 is 11.6 Å². The lowest BCUT2D eigenvalue weighted by Gasteiger charge is -2.12. The van der Waals surface area contributed by atoms with E-state index < -0.39 is 0 Å². The summed E-state index contributed by atoms with van der Waals surface area (Å²) in [5.74, 6) is 0.847. The zero-order valence-electron chi connectivity index (χ0n) is 16.9. The number of aromatic nitrogens is 3. The standard InChI is InChI=1S/C23H21ClN4O3/c1-16-10-11-22(20(14-16)28-26-18-7-3-4-8-19(18)27-28)31-15-23(29)25-12-13-30-21-9-5-2-6-17(21)24/h2-11,14H,12-13,15H2,1H3,(H,25,29). The van der Waals surface area contributed by atoms with Crippen molar-refractivity contribution < 1.29 is 14.3 Å². The zero-order valence-corrected chi connectivity index (χ0v) is 17.7. The Bertz CT molecular complexity index is 1180. The Hall–Kier alpha value is -3.58. The molecular weight excluding hydrogens is 416 g/mol. The molecule has 4 aromatic rings. The first-order chi connectivity index (χ1) is 15.1. The Morgan fingerprint density at radius 3 is 2.42 bits per heavy atom. The van der Waals surface area contributed by atoms with Crippen molar-refractivity contribution in [2.24, 2.45) is 0 Å². The van der Waals surface area contributed by atoms with Gasteiger partial charge >= 0.3 is 0 Å². The van der Waals surface area contributed by atoms with E-state index in [1.54, 1.807) is 12.1 Å². The van der Waals surface area contributed by atoms with E-state index >= 15 is 0 Å². The highest BCUT2D eigenvalue weighted by atomic mass is 35.5. The van der Waals surface area contributed by atoms with Crippen LogP contribution in [-0.2, 0) is 4.79 Å². The van der Waals surface area contributed by atoms with E-state index in [-0.39, 0.29) is 12.5 Å². The molecule has 0 radical (unpaired) electrons. The third-order valence-electron chi connectivity index (χ3n) is 4.49. The van der Waals surface area contributed by atoms with Crippen molar-refractivity contribution >= 4 is 28.5 Å². The fourth-order valence-electron chi connectivity index (χ4n) is 2.98. The fraction of sp³-hybridized carbons (Fsp3) is 0.174. The van der Waals surface area contributed by atoms with Gasteiger partial charge in [-0.15, -0.1) is 15.0 Å². The molecule has 8 heteroatoms.